The van der Waals surface area contributed by atoms with Crippen LogP contribution in [-0.2, 0) is 11.3 Å². The quantitative estimate of drug-likeness (QED) is 0.360. The molecule has 0 amide bonds. The minimum Gasteiger partial charge on any atom is -0.490 e. The zero-order valence-corrected chi connectivity index (χ0v) is 18.9. The Morgan fingerprint density at radius 1 is 0.800 bits per heavy atom. The summed E-state index contributed by atoms with van der Waals surface area (Å²) in [4.78, 5) is 0. The average Bonchev–Trinajstić information content (AvgIpc) is 2.77. The van der Waals surface area contributed by atoms with Gasteiger partial charge in [0.2, 0.25) is 5.82 Å². The van der Waals surface area contributed by atoms with E-state index in [9.17, 15) is 8.78 Å². The van der Waals surface area contributed by atoms with Crippen molar-refractivity contribution in [2.75, 3.05) is 13.2 Å². The van der Waals surface area contributed by atoms with Gasteiger partial charge in [-0.15, -0.1) is 0 Å². The van der Waals surface area contributed by atoms with Gasteiger partial charge in [-0.2, -0.15) is 4.39 Å². The van der Waals surface area contributed by atoms with Crippen molar-refractivity contribution in [2.45, 2.75) is 91.1 Å². The van der Waals surface area contributed by atoms with Crippen LogP contribution in [-0.4, -0.2) is 13.2 Å². The Labute approximate surface area is 181 Å². The molecule has 0 aromatic heterocycles. The van der Waals surface area contributed by atoms with Gasteiger partial charge in [0.1, 0.15) is 0 Å². The van der Waals surface area contributed by atoms with Crippen molar-refractivity contribution in [1.29, 1.82) is 0 Å². The van der Waals surface area contributed by atoms with E-state index in [1.165, 1.54) is 51.4 Å². The molecule has 1 aromatic rings. The predicted molar refractivity (Wildman–Crippen MR) is 118 cm³/mol. The average molecular weight is 423 g/mol. The molecule has 0 unspecified atom stereocenters. The minimum absolute atomic E-state index is 0.0307. The summed E-state index contributed by atoms with van der Waals surface area (Å²) in [6.07, 6.45) is 14.1. The largest absolute Gasteiger partial charge is 0.490 e. The lowest BCUT2D eigenvalue weighted by molar-refractivity contribution is 0.116. The summed E-state index contributed by atoms with van der Waals surface area (Å²) in [5.41, 5.74) is 0.252. The number of halogens is 2. The van der Waals surface area contributed by atoms with Crippen LogP contribution in [0.3, 0.4) is 0 Å². The minimum atomic E-state index is -0.884. The van der Waals surface area contributed by atoms with Crippen molar-refractivity contribution in [2.24, 2.45) is 23.7 Å². The Hall–Kier alpha value is -1.16. The Bertz CT molecular complexity index is 632. The third-order valence-corrected chi connectivity index (χ3v) is 7.35. The van der Waals surface area contributed by atoms with Gasteiger partial charge in [0.25, 0.3) is 0 Å². The van der Waals surface area contributed by atoms with Crippen LogP contribution in [0.4, 0.5) is 8.78 Å². The first-order valence-electron chi connectivity index (χ1n) is 12.3. The second-order valence-corrected chi connectivity index (χ2v) is 9.56. The standard InChI is InChI=1S/C26H40F2O2/c1-3-5-19-6-10-21(11-7-19)22-12-8-20(9-13-22)17-30-24-15-14-23(18-29-16-4-2)25(27)26(24)28/h14-15,19-22H,3-13,16-18H2,1-2H3/t19-,20?,21-,22?. The zero-order valence-electron chi connectivity index (χ0n) is 18.9. The molecule has 0 N–H and O–H groups in total. The molecular formula is C26H40F2O2. The van der Waals surface area contributed by atoms with Gasteiger partial charge in [-0.25, -0.2) is 4.39 Å². The van der Waals surface area contributed by atoms with Crippen molar-refractivity contribution in [3.8, 4) is 5.75 Å². The molecule has 2 aliphatic rings. The number of rotatable bonds is 10. The first-order chi connectivity index (χ1) is 14.6. The molecule has 2 saturated carbocycles. The molecule has 3 rings (SSSR count). The molecule has 0 atom stereocenters. The van der Waals surface area contributed by atoms with Crippen molar-refractivity contribution in [1.82, 2.24) is 0 Å². The van der Waals surface area contributed by atoms with Gasteiger partial charge >= 0.3 is 0 Å². The summed E-state index contributed by atoms with van der Waals surface area (Å²) in [5.74, 6) is 1.50. The number of benzene rings is 1. The van der Waals surface area contributed by atoms with E-state index in [2.05, 4.69) is 6.92 Å². The van der Waals surface area contributed by atoms with Gasteiger partial charge in [0, 0.05) is 12.2 Å². The maximum atomic E-state index is 14.4. The summed E-state index contributed by atoms with van der Waals surface area (Å²) < 4.78 is 39.6. The van der Waals surface area contributed by atoms with Crippen molar-refractivity contribution < 1.29 is 18.3 Å². The summed E-state index contributed by atoms with van der Waals surface area (Å²) in [6, 6.07) is 3.12. The first kappa shape index (κ1) is 23.5. The Kier molecular flexibility index (Phi) is 9.42. The molecule has 2 aliphatic carbocycles. The van der Waals surface area contributed by atoms with Gasteiger partial charge in [0.05, 0.1) is 13.2 Å². The van der Waals surface area contributed by atoms with Gasteiger partial charge in [-0.1, -0.05) is 39.5 Å². The summed E-state index contributed by atoms with van der Waals surface area (Å²) in [6.45, 7) is 5.41. The highest BCUT2D eigenvalue weighted by Crippen LogP contribution is 2.42. The number of hydrogen-bond acceptors (Lipinski definition) is 2. The summed E-state index contributed by atoms with van der Waals surface area (Å²) >= 11 is 0. The Morgan fingerprint density at radius 3 is 2.03 bits per heavy atom. The summed E-state index contributed by atoms with van der Waals surface area (Å²) in [5, 5.41) is 0. The zero-order chi connectivity index (χ0) is 21.3. The van der Waals surface area contributed by atoms with Crippen molar-refractivity contribution >= 4 is 0 Å². The fraction of sp³-hybridized carbons (Fsp3) is 0.769. The van der Waals surface area contributed by atoms with E-state index in [0.29, 0.717) is 19.1 Å². The third-order valence-electron chi connectivity index (χ3n) is 7.35. The smallest absolute Gasteiger partial charge is 0.200 e. The lowest BCUT2D eigenvalue weighted by atomic mass is 9.69. The molecule has 0 bridgehead atoms. The SMILES string of the molecule is CCCOCc1ccc(OCC2CCC([C@H]3CC[C@H](CCC)CC3)CC2)c(F)c1F. The van der Waals surface area contributed by atoms with Crippen LogP contribution in [0, 0.1) is 35.3 Å². The Morgan fingerprint density at radius 2 is 1.43 bits per heavy atom. The highest BCUT2D eigenvalue weighted by atomic mass is 19.2. The normalized spacial score (nSPS) is 27.2. The van der Waals surface area contributed by atoms with Crippen LogP contribution in [0.15, 0.2) is 12.1 Å². The molecule has 0 aliphatic heterocycles. The predicted octanol–water partition coefficient (Wildman–Crippen LogP) is 7.68. The Balaban J connectivity index is 1.41. The van der Waals surface area contributed by atoms with Crippen LogP contribution in [0.25, 0.3) is 0 Å². The monoisotopic (exact) mass is 422 g/mol. The van der Waals surface area contributed by atoms with Crippen LogP contribution in [0.5, 0.6) is 5.75 Å². The maximum Gasteiger partial charge on any atom is 0.200 e. The van der Waals surface area contributed by atoms with Crippen LogP contribution < -0.4 is 4.74 Å². The number of ether oxygens (including phenoxy) is 2. The van der Waals surface area contributed by atoms with E-state index in [1.54, 1.807) is 12.1 Å². The van der Waals surface area contributed by atoms with Gasteiger partial charge in [-0.3, -0.25) is 0 Å². The molecule has 0 saturated heterocycles. The third kappa shape index (κ3) is 6.42. The van der Waals surface area contributed by atoms with E-state index < -0.39 is 11.6 Å². The molecule has 0 heterocycles. The van der Waals surface area contributed by atoms with Gasteiger partial charge < -0.3 is 9.47 Å². The highest BCUT2D eigenvalue weighted by molar-refractivity contribution is 5.30. The number of hydrogen-bond donors (Lipinski definition) is 0. The fourth-order valence-corrected chi connectivity index (χ4v) is 5.51. The lowest BCUT2D eigenvalue weighted by Crippen LogP contribution is -2.27. The second kappa shape index (κ2) is 12.0. The van der Waals surface area contributed by atoms with Crippen molar-refractivity contribution in [3.63, 3.8) is 0 Å². The van der Waals surface area contributed by atoms with E-state index in [4.69, 9.17) is 9.47 Å². The van der Waals surface area contributed by atoms with E-state index in [-0.39, 0.29) is 17.9 Å². The highest BCUT2D eigenvalue weighted by Gasteiger charge is 2.31. The van der Waals surface area contributed by atoms with Crippen molar-refractivity contribution in [3.05, 3.63) is 29.3 Å². The van der Waals surface area contributed by atoms with E-state index >= 15 is 0 Å². The van der Waals surface area contributed by atoms with Gasteiger partial charge in [0.15, 0.2) is 11.6 Å². The maximum absolute atomic E-state index is 14.4. The molecule has 1 aromatic carbocycles. The lowest BCUT2D eigenvalue weighted by Gasteiger charge is -2.37. The molecule has 30 heavy (non-hydrogen) atoms. The molecule has 2 fully saturated rings. The second-order valence-electron chi connectivity index (χ2n) is 9.56. The molecular weight excluding hydrogens is 382 g/mol. The summed E-state index contributed by atoms with van der Waals surface area (Å²) in [7, 11) is 0. The van der Waals surface area contributed by atoms with E-state index in [1.807, 2.05) is 6.92 Å². The topological polar surface area (TPSA) is 18.5 Å². The molecule has 170 valence electrons. The fourth-order valence-electron chi connectivity index (χ4n) is 5.51. The van der Waals surface area contributed by atoms with Crippen LogP contribution in [0.1, 0.15) is 90.0 Å². The molecule has 2 nitrogen and oxygen atoms in total. The van der Waals surface area contributed by atoms with E-state index in [0.717, 1.165) is 37.0 Å². The molecule has 0 radical (unpaired) electrons. The first-order valence-corrected chi connectivity index (χ1v) is 12.3. The molecule has 0 spiro atoms. The van der Waals surface area contributed by atoms with Crippen LogP contribution >= 0.6 is 0 Å². The molecule has 4 heteroatoms. The van der Waals surface area contributed by atoms with Crippen LogP contribution in [0.2, 0.25) is 0 Å². The van der Waals surface area contributed by atoms with Gasteiger partial charge in [-0.05, 0) is 80.8 Å².